The molecule has 1 unspecified atom stereocenters. The molecule has 7 heteroatoms. The monoisotopic (exact) mass is 351 g/mol. The van der Waals surface area contributed by atoms with Gasteiger partial charge in [-0.15, -0.1) is 17.0 Å². The van der Waals surface area contributed by atoms with E-state index in [0.29, 0.717) is 18.1 Å². The first-order valence-electron chi connectivity index (χ1n) is 6.89. The van der Waals surface area contributed by atoms with Gasteiger partial charge in [0.15, 0.2) is 5.82 Å². The summed E-state index contributed by atoms with van der Waals surface area (Å²) in [4.78, 5) is 25.3. The van der Waals surface area contributed by atoms with Crippen molar-refractivity contribution in [1.29, 1.82) is 0 Å². The predicted octanol–water partition coefficient (Wildman–Crippen LogP) is 1.37. The molecule has 112 valence electrons. The van der Waals surface area contributed by atoms with E-state index in [1.165, 1.54) is 6.07 Å². The van der Waals surface area contributed by atoms with E-state index in [1.807, 2.05) is 0 Å². The molecule has 0 aliphatic carbocycles. The van der Waals surface area contributed by atoms with Crippen molar-refractivity contribution < 1.29 is 0 Å². The van der Waals surface area contributed by atoms with Gasteiger partial charge in [0, 0.05) is 44.0 Å². The number of hydrogen-bond acceptors (Lipinski definition) is 5. The summed E-state index contributed by atoms with van der Waals surface area (Å²) in [5, 5.41) is 3.35. The van der Waals surface area contributed by atoms with Crippen LogP contribution >= 0.6 is 17.0 Å². The fourth-order valence-corrected chi connectivity index (χ4v) is 2.49. The summed E-state index contributed by atoms with van der Waals surface area (Å²) < 4.78 is 1.76. The van der Waals surface area contributed by atoms with Crippen molar-refractivity contribution in [1.82, 2.24) is 24.8 Å². The van der Waals surface area contributed by atoms with Gasteiger partial charge in [0.25, 0.3) is 5.56 Å². The minimum Gasteiger partial charge on any atom is -0.314 e. The van der Waals surface area contributed by atoms with E-state index in [0.717, 1.165) is 25.3 Å². The standard InChI is InChI=1S/C14H17N5O.BrH/c1-2-10-9-15-6-7-19-12(20)8-11(18-14(10)19)13-16-4-3-5-17-13;/h3-5,8,10,15H,2,6-7,9H2,1H3;1H. The van der Waals surface area contributed by atoms with Crippen molar-refractivity contribution in [2.24, 2.45) is 0 Å². The van der Waals surface area contributed by atoms with Gasteiger partial charge in [0.1, 0.15) is 11.5 Å². The number of nitrogens with one attached hydrogen (secondary N) is 1. The molecule has 3 heterocycles. The molecule has 0 fully saturated rings. The topological polar surface area (TPSA) is 72.7 Å². The fraction of sp³-hybridized carbons (Fsp3) is 0.429. The molecule has 0 bridgehead atoms. The quantitative estimate of drug-likeness (QED) is 0.884. The largest absolute Gasteiger partial charge is 0.314 e. The van der Waals surface area contributed by atoms with Gasteiger partial charge in [0.2, 0.25) is 0 Å². The van der Waals surface area contributed by atoms with Gasteiger partial charge in [-0.1, -0.05) is 6.92 Å². The first-order valence-corrected chi connectivity index (χ1v) is 6.89. The second-order valence-corrected chi connectivity index (χ2v) is 4.87. The van der Waals surface area contributed by atoms with E-state index in [4.69, 9.17) is 0 Å². The van der Waals surface area contributed by atoms with Gasteiger partial charge in [-0.3, -0.25) is 9.36 Å². The average molecular weight is 352 g/mol. The highest BCUT2D eigenvalue weighted by atomic mass is 79.9. The molecule has 0 radical (unpaired) electrons. The van der Waals surface area contributed by atoms with Crippen molar-refractivity contribution in [2.45, 2.75) is 25.8 Å². The zero-order valence-corrected chi connectivity index (χ0v) is 13.5. The zero-order valence-electron chi connectivity index (χ0n) is 11.8. The SMILES string of the molecule is Br.CCC1CNCCn2c1nc(-c1ncccn1)cc2=O. The Morgan fingerprint density at radius 3 is 2.86 bits per heavy atom. The van der Waals surface area contributed by atoms with Gasteiger partial charge < -0.3 is 5.32 Å². The lowest BCUT2D eigenvalue weighted by molar-refractivity contribution is 0.577. The molecule has 1 atom stereocenters. The second-order valence-electron chi connectivity index (χ2n) is 4.87. The third-order valence-corrected chi connectivity index (χ3v) is 3.59. The van der Waals surface area contributed by atoms with Crippen LogP contribution < -0.4 is 10.9 Å². The number of nitrogens with zero attached hydrogens (tertiary/aromatic N) is 4. The van der Waals surface area contributed by atoms with E-state index >= 15 is 0 Å². The van der Waals surface area contributed by atoms with Gasteiger partial charge in [0.05, 0.1) is 0 Å². The van der Waals surface area contributed by atoms with Crippen LogP contribution in [-0.4, -0.2) is 32.6 Å². The zero-order chi connectivity index (χ0) is 13.9. The summed E-state index contributed by atoms with van der Waals surface area (Å²) >= 11 is 0. The first-order chi connectivity index (χ1) is 9.79. The number of fused-ring (bicyclic) bond motifs is 1. The van der Waals surface area contributed by atoms with Crippen LogP contribution in [0.15, 0.2) is 29.3 Å². The lowest BCUT2D eigenvalue weighted by Crippen LogP contribution is -2.26. The molecule has 1 aliphatic rings. The summed E-state index contributed by atoms with van der Waals surface area (Å²) in [6.45, 7) is 4.42. The van der Waals surface area contributed by atoms with E-state index in [9.17, 15) is 4.79 Å². The molecule has 6 nitrogen and oxygen atoms in total. The van der Waals surface area contributed by atoms with Gasteiger partial charge >= 0.3 is 0 Å². The molecule has 0 saturated heterocycles. The van der Waals surface area contributed by atoms with Crippen LogP contribution in [0.1, 0.15) is 25.1 Å². The van der Waals surface area contributed by atoms with Crippen LogP contribution in [0.2, 0.25) is 0 Å². The molecule has 2 aromatic heterocycles. The Hall–Kier alpha value is -1.60. The molecule has 0 aromatic carbocycles. The Bertz CT molecular complexity index is 658. The molecular weight excluding hydrogens is 334 g/mol. The molecule has 0 spiro atoms. The highest BCUT2D eigenvalue weighted by molar-refractivity contribution is 8.93. The normalized spacial score (nSPS) is 17.5. The van der Waals surface area contributed by atoms with Crippen LogP contribution in [0.25, 0.3) is 11.5 Å². The Kier molecular flexibility index (Phi) is 5.19. The van der Waals surface area contributed by atoms with Gasteiger partial charge in [-0.25, -0.2) is 15.0 Å². The maximum atomic E-state index is 12.3. The molecule has 21 heavy (non-hydrogen) atoms. The summed E-state index contributed by atoms with van der Waals surface area (Å²) in [5.41, 5.74) is 0.529. The molecule has 1 aliphatic heterocycles. The molecule has 3 rings (SSSR count). The molecule has 2 aromatic rings. The Morgan fingerprint density at radius 2 is 2.14 bits per heavy atom. The Balaban J connectivity index is 0.00000161. The molecular formula is C14H18BrN5O. The van der Waals surface area contributed by atoms with E-state index in [1.54, 1.807) is 23.0 Å². The van der Waals surface area contributed by atoms with Crippen molar-refractivity contribution in [3.8, 4) is 11.5 Å². The predicted molar refractivity (Wildman–Crippen MR) is 85.7 cm³/mol. The number of aromatic nitrogens is 4. The summed E-state index contributed by atoms with van der Waals surface area (Å²) in [6.07, 6.45) is 4.26. The third-order valence-electron chi connectivity index (χ3n) is 3.59. The maximum Gasteiger partial charge on any atom is 0.254 e. The Labute approximate surface area is 133 Å². The van der Waals surface area contributed by atoms with Crippen molar-refractivity contribution >= 4 is 17.0 Å². The summed E-state index contributed by atoms with van der Waals surface area (Å²) in [6, 6.07) is 3.27. The number of halogens is 1. The minimum atomic E-state index is -0.0281. The summed E-state index contributed by atoms with van der Waals surface area (Å²) in [5.74, 6) is 1.58. The maximum absolute atomic E-state index is 12.3. The highest BCUT2D eigenvalue weighted by Crippen LogP contribution is 2.19. The molecule has 0 amide bonds. The average Bonchev–Trinajstić information content (AvgIpc) is 2.70. The second kappa shape index (κ2) is 6.91. The van der Waals surface area contributed by atoms with Crippen LogP contribution in [0, 0.1) is 0 Å². The van der Waals surface area contributed by atoms with Crippen molar-refractivity contribution in [2.75, 3.05) is 13.1 Å². The highest BCUT2D eigenvalue weighted by Gasteiger charge is 2.21. The van der Waals surface area contributed by atoms with Gasteiger partial charge in [-0.05, 0) is 12.5 Å². The number of rotatable bonds is 2. The number of hydrogen-bond donors (Lipinski definition) is 1. The van der Waals surface area contributed by atoms with E-state index in [2.05, 4.69) is 27.2 Å². The first kappa shape index (κ1) is 15.8. The van der Waals surface area contributed by atoms with Crippen LogP contribution in [0.4, 0.5) is 0 Å². The van der Waals surface area contributed by atoms with Crippen LogP contribution in [0.3, 0.4) is 0 Å². The summed E-state index contributed by atoms with van der Waals surface area (Å²) in [7, 11) is 0. The van der Waals surface area contributed by atoms with Crippen LogP contribution in [-0.2, 0) is 6.54 Å². The van der Waals surface area contributed by atoms with Gasteiger partial charge in [-0.2, -0.15) is 0 Å². The third kappa shape index (κ3) is 3.19. The lowest BCUT2D eigenvalue weighted by Gasteiger charge is -2.15. The van der Waals surface area contributed by atoms with Crippen molar-refractivity contribution in [3.63, 3.8) is 0 Å². The molecule has 0 saturated carbocycles. The smallest absolute Gasteiger partial charge is 0.254 e. The van der Waals surface area contributed by atoms with E-state index < -0.39 is 0 Å². The van der Waals surface area contributed by atoms with E-state index in [-0.39, 0.29) is 28.5 Å². The van der Waals surface area contributed by atoms with Crippen LogP contribution in [0.5, 0.6) is 0 Å². The minimum absolute atomic E-state index is 0. The lowest BCUT2D eigenvalue weighted by atomic mass is 10.1. The van der Waals surface area contributed by atoms with Crippen molar-refractivity contribution in [3.05, 3.63) is 40.7 Å². The fourth-order valence-electron chi connectivity index (χ4n) is 2.49. The molecule has 1 N–H and O–H groups in total. The Morgan fingerprint density at radius 1 is 1.38 bits per heavy atom.